The number of hydrogen-bond acceptors (Lipinski definition) is 4. The Morgan fingerprint density at radius 2 is 2.10 bits per heavy atom. The standard InChI is InChI=1S/C14H16FNO5/c1-9(21-11-4-2-10(15)3-5-11)13(17)16-6-7-20-8-12(16)14(18)19/h2-5,9,12H,6-8H2,1H3,(H,18,19). The van der Waals surface area contributed by atoms with Crippen molar-refractivity contribution in [2.45, 2.75) is 19.1 Å². The van der Waals surface area contributed by atoms with E-state index in [9.17, 15) is 14.0 Å². The summed E-state index contributed by atoms with van der Waals surface area (Å²) in [6.45, 7) is 1.98. The summed E-state index contributed by atoms with van der Waals surface area (Å²) < 4.78 is 23.3. The van der Waals surface area contributed by atoms with E-state index in [1.54, 1.807) is 0 Å². The second-order valence-electron chi connectivity index (χ2n) is 4.67. The number of rotatable bonds is 4. The molecular weight excluding hydrogens is 281 g/mol. The van der Waals surface area contributed by atoms with E-state index in [0.717, 1.165) is 0 Å². The molecule has 1 N–H and O–H groups in total. The van der Waals surface area contributed by atoms with Crippen LogP contribution in [0.2, 0.25) is 0 Å². The Bertz CT molecular complexity index is 519. The van der Waals surface area contributed by atoms with Gasteiger partial charge in [-0.25, -0.2) is 9.18 Å². The number of benzene rings is 1. The van der Waals surface area contributed by atoms with Crippen molar-refractivity contribution in [3.63, 3.8) is 0 Å². The molecule has 1 amide bonds. The Morgan fingerprint density at radius 1 is 1.43 bits per heavy atom. The molecule has 1 aromatic rings. The van der Waals surface area contributed by atoms with Crippen LogP contribution in [0.4, 0.5) is 4.39 Å². The van der Waals surface area contributed by atoms with Crippen molar-refractivity contribution in [3.8, 4) is 5.75 Å². The fraction of sp³-hybridized carbons (Fsp3) is 0.429. The molecule has 114 valence electrons. The normalized spacial score (nSPS) is 19.9. The van der Waals surface area contributed by atoms with E-state index in [2.05, 4.69) is 0 Å². The summed E-state index contributed by atoms with van der Waals surface area (Å²) in [4.78, 5) is 24.7. The van der Waals surface area contributed by atoms with Crippen LogP contribution in [0, 0.1) is 5.82 Å². The van der Waals surface area contributed by atoms with Gasteiger partial charge in [0.1, 0.15) is 11.6 Å². The minimum absolute atomic E-state index is 0.0374. The zero-order chi connectivity index (χ0) is 15.4. The molecule has 1 heterocycles. The SMILES string of the molecule is CC(Oc1ccc(F)cc1)C(=O)N1CCOCC1C(=O)O. The lowest BCUT2D eigenvalue weighted by molar-refractivity contribution is -0.161. The third-order valence-corrected chi connectivity index (χ3v) is 3.17. The molecule has 1 aromatic carbocycles. The number of amides is 1. The smallest absolute Gasteiger partial charge is 0.328 e. The number of hydrogen-bond donors (Lipinski definition) is 1. The quantitative estimate of drug-likeness (QED) is 0.894. The molecule has 2 rings (SSSR count). The number of carboxylic acids is 1. The van der Waals surface area contributed by atoms with E-state index in [4.69, 9.17) is 14.6 Å². The van der Waals surface area contributed by atoms with E-state index in [-0.39, 0.29) is 13.2 Å². The molecule has 1 saturated heterocycles. The maximum atomic E-state index is 12.8. The fourth-order valence-corrected chi connectivity index (χ4v) is 2.07. The van der Waals surface area contributed by atoms with Crippen molar-refractivity contribution in [2.75, 3.05) is 19.8 Å². The van der Waals surface area contributed by atoms with E-state index in [0.29, 0.717) is 12.4 Å². The van der Waals surface area contributed by atoms with Crippen molar-refractivity contribution in [2.24, 2.45) is 0 Å². The Balaban J connectivity index is 2.03. The number of nitrogens with zero attached hydrogens (tertiary/aromatic N) is 1. The Kier molecular flexibility index (Phi) is 4.74. The van der Waals surface area contributed by atoms with Crippen molar-refractivity contribution < 1.29 is 28.6 Å². The Morgan fingerprint density at radius 3 is 2.71 bits per heavy atom. The molecule has 0 saturated carbocycles. The molecule has 2 atom stereocenters. The lowest BCUT2D eigenvalue weighted by atomic mass is 10.2. The van der Waals surface area contributed by atoms with Gasteiger partial charge in [0.25, 0.3) is 5.91 Å². The van der Waals surface area contributed by atoms with Gasteiger partial charge in [-0.05, 0) is 31.2 Å². The molecular formula is C14H16FNO5. The van der Waals surface area contributed by atoms with E-state index in [1.165, 1.54) is 36.1 Å². The molecule has 0 radical (unpaired) electrons. The second kappa shape index (κ2) is 6.53. The van der Waals surface area contributed by atoms with Gasteiger partial charge in [0.2, 0.25) is 0 Å². The van der Waals surface area contributed by atoms with Gasteiger partial charge >= 0.3 is 5.97 Å². The molecule has 2 unspecified atom stereocenters. The van der Waals surface area contributed by atoms with Crippen molar-refractivity contribution in [1.82, 2.24) is 4.90 Å². The van der Waals surface area contributed by atoms with Crippen molar-refractivity contribution in [1.29, 1.82) is 0 Å². The van der Waals surface area contributed by atoms with Gasteiger partial charge in [-0.1, -0.05) is 0 Å². The van der Waals surface area contributed by atoms with Crippen LogP contribution >= 0.6 is 0 Å². The number of ether oxygens (including phenoxy) is 2. The number of morpholine rings is 1. The highest BCUT2D eigenvalue weighted by atomic mass is 19.1. The minimum Gasteiger partial charge on any atom is -0.481 e. The predicted octanol–water partition coefficient (Wildman–Crippen LogP) is 0.905. The maximum absolute atomic E-state index is 12.8. The van der Waals surface area contributed by atoms with E-state index in [1.807, 2.05) is 0 Å². The van der Waals surface area contributed by atoms with Gasteiger partial charge in [-0.3, -0.25) is 4.79 Å². The number of aliphatic carboxylic acids is 1. The van der Waals surface area contributed by atoms with Crippen LogP contribution in [-0.4, -0.2) is 53.8 Å². The molecule has 0 spiro atoms. The molecule has 7 heteroatoms. The van der Waals surface area contributed by atoms with Crippen LogP contribution in [-0.2, 0) is 14.3 Å². The molecule has 1 aliphatic heterocycles. The first-order chi connectivity index (χ1) is 9.99. The summed E-state index contributed by atoms with van der Waals surface area (Å²) in [7, 11) is 0. The summed E-state index contributed by atoms with van der Waals surface area (Å²) in [6, 6.07) is 4.26. The first-order valence-electron chi connectivity index (χ1n) is 6.52. The highest BCUT2D eigenvalue weighted by molar-refractivity contribution is 5.86. The lowest BCUT2D eigenvalue weighted by Gasteiger charge is -2.34. The number of carbonyl (C=O) groups is 2. The van der Waals surface area contributed by atoms with Crippen molar-refractivity contribution in [3.05, 3.63) is 30.1 Å². The van der Waals surface area contributed by atoms with Gasteiger partial charge in [0.15, 0.2) is 12.1 Å². The number of halogens is 1. The molecule has 0 bridgehead atoms. The zero-order valence-corrected chi connectivity index (χ0v) is 11.5. The van der Waals surface area contributed by atoms with Crippen LogP contribution in [0.15, 0.2) is 24.3 Å². The van der Waals surface area contributed by atoms with Gasteiger partial charge in [0, 0.05) is 6.54 Å². The van der Waals surface area contributed by atoms with Gasteiger partial charge in [0.05, 0.1) is 13.2 Å². The zero-order valence-electron chi connectivity index (χ0n) is 11.5. The Labute approximate surface area is 121 Å². The van der Waals surface area contributed by atoms with E-state index < -0.39 is 29.8 Å². The van der Waals surface area contributed by atoms with Crippen LogP contribution in [0.25, 0.3) is 0 Å². The molecule has 6 nitrogen and oxygen atoms in total. The fourth-order valence-electron chi connectivity index (χ4n) is 2.07. The van der Waals surface area contributed by atoms with Crippen LogP contribution in [0.3, 0.4) is 0 Å². The van der Waals surface area contributed by atoms with Crippen molar-refractivity contribution >= 4 is 11.9 Å². The summed E-state index contributed by atoms with van der Waals surface area (Å²) in [5.41, 5.74) is 0. The predicted molar refractivity (Wildman–Crippen MR) is 70.4 cm³/mol. The first kappa shape index (κ1) is 15.2. The summed E-state index contributed by atoms with van der Waals surface area (Å²) in [5, 5.41) is 9.10. The van der Waals surface area contributed by atoms with Crippen LogP contribution in [0.1, 0.15) is 6.92 Å². The highest BCUT2D eigenvalue weighted by Crippen LogP contribution is 2.16. The summed E-state index contributed by atoms with van der Waals surface area (Å²) >= 11 is 0. The molecule has 21 heavy (non-hydrogen) atoms. The minimum atomic E-state index is -1.11. The number of carboxylic acid groups (broad SMARTS) is 1. The summed E-state index contributed by atoms with van der Waals surface area (Å²) in [5.74, 6) is -1.61. The topological polar surface area (TPSA) is 76.1 Å². The second-order valence-corrected chi connectivity index (χ2v) is 4.67. The average Bonchev–Trinajstić information content (AvgIpc) is 2.48. The monoisotopic (exact) mass is 297 g/mol. The van der Waals surface area contributed by atoms with Gasteiger partial charge in [-0.2, -0.15) is 0 Å². The molecule has 1 fully saturated rings. The highest BCUT2D eigenvalue weighted by Gasteiger charge is 2.35. The lowest BCUT2D eigenvalue weighted by Crippen LogP contribution is -2.55. The Hall–Kier alpha value is -2.15. The molecule has 0 aliphatic carbocycles. The maximum Gasteiger partial charge on any atom is 0.328 e. The van der Waals surface area contributed by atoms with Crippen LogP contribution in [0.5, 0.6) is 5.75 Å². The largest absolute Gasteiger partial charge is 0.481 e. The third kappa shape index (κ3) is 3.69. The molecule has 1 aliphatic rings. The van der Waals surface area contributed by atoms with Crippen LogP contribution < -0.4 is 4.74 Å². The molecule has 0 aromatic heterocycles. The number of carbonyl (C=O) groups excluding carboxylic acids is 1. The third-order valence-electron chi connectivity index (χ3n) is 3.17. The first-order valence-corrected chi connectivity index (χ1v) is 6.52. The van der Waals surface area contributed by atoms with Gasteiger partial charge in [-0.15, -0.1) is 0 Å². The van der Waals surface area contributed by atoms with Gasteiger partial charge < -0.3 is 19.5 Å². The summed E-state index contributed by atoms with van der Waals surface area (Å²) in [6.07, 6.45) is -0.865. The average molecular weight is 297 g/mol. The van der Waals surface area contributed by atoms with E-state index >= 15 is 0 Å².